The maximum atomic E-state index is 13.4. The number of anilines is 3. The molecule has 6 nitrogen and oxygen atoms in total. The van der Waals surface area contributed by atoms with E-state index in [0.717, 1.165) is 47.4 Å². The fourth-order valence-electron chi connectivity index (χ4n) is 3.51. The molecule has 0 amide bonds. The molecule has 4 rings (SSSR count). The number of ether oxygens (including phenoxy) is 1. The number of nitrogens with one attached hydrogen (secondary N) is 2. The van der Waals surface area contributed by atoms with Crippen molar-refractivity contribution in [2.75, 3.05) is 37.8 Å². The molecule has 0 aliphatic carbocycles. The molecule has 0 atom stereocenters. The zero-order valence-corrected chi connectivity index (χ0v) is 19.9. The molecule has 0 bridgehead atoms. The number of halogens is 2. The van der Waals surface area contributed by atoms with Crippen LogP contribution in [-0.2, 0) is 6.61 Å². The molecule has 1 heterocycles. The molecule has 3 aromatic carbocycles. The lowest BCUT2D eigenvalue weighted by Gasteiger charge is -2.13. The first-order valence-corrected chi connectivity index (χ1v) is 11.4. The van der Waals surface area contributed by atoms with Crippen LogP contribution in [0.15, 0.2) is 67.0 Å². The van der Waals surface area contributed by atoms with Gasteiger partial charge < -0.3 is 20.3 Å². The number of rotatable bonds is 10. The lowest BCUT2D eigenvalue weighted by molar-refractivity contribution is 0.306. The van der Waals surface area contributed by atoms with Crippen LogP contribution in [0.5, 0.6) is 5.75 Å². The Morgan fingerprint density at radius 3 is 2.65 bits per heavy atom. The summed E-state index contributed by atoms with van der Waals surface area (Å²) in [4.78, 5) is 11.0. The predicted molar refractivity (Wildman–Crippen MR) is 137 cm³/mol. The number of fused-ring (bicyclic) bond motifs is 1. The van der Waals surface area contributed by atoms with Crippen LogP contribution in [0.4, 0.5) is 21.6 Å². The Kier molecular flexibility index (Phi) is 7.77. The average Bonchev–Trinajstić information content (AvgIpc) is 2.81. The van der Waals surface area contributed by atoms with Gasteiger partial charge in [0.25, 0.3) is 0 Å². The lowest BCUT2D eigenvalue weighted by atomic mass is 10.2. The van der Waals surface area contributed by atoms with Gasteiger partial charge in [0.2, 0.25) is 0 Å². The normalized spacial score (nSPS) is 11.1. The first-order chi connectivity index (χ1) is 16.5. The molecule has 176 valence electrons. The quantitative estimate of drug-likeness (QED) is 0.268. The summed E-state index contributed by atoms with van der Waals surface area (Å²) in [6, 6.07) is 17.8. The lowest BCUT2D eigenvalue weighted by Crippen LogP contribution is -2.16. The van der Waals surface area contributed by atoms with Crippen LogP contribution < -0.4 is 15.4 Å². The second-order valence-corrected chi connectivity index (χ2v) is 8.63. The highest BCUT2D eigenvalue weighted by atomic mass is 35.5. The van der Waals surface area contributed by atoms with Crippen molar-refractivity contribution in [3.63, 3.8) is 0 Å². The van der Waals surface area contributed by atoms with E-state index in [1.54, 1.807) is 24.3 Å². The van der Waals surface area contributed by atoms with E-state index in [1.165, 1.54) is 18.5 Å². The van der Waals surface area contributed by atoms with Crippen LogP contribution in [-0.4, -0.2) is 42.1 Å². The van der Waals surface area contributed by atoms with Gasteiger partial charge in [-0.2, -0.15) is 0 Å². The smallest absolute Gasteiger partial charge is 0.141 e. The number of benzene rings is 3. The Balaban J connectivity index is 1.45. The fraction of sp³-hybridized carbons (Fsp3) is 0.231. The summed E-state index contributed by atoms with van der Waals surface area (Å²) in [5.41, 5.74) is 3.37. The SMILES string of the molecule is CN(C)CCCNc1ccc2ncnc(Nc3ccc(OCc4cccc(F)c4)c(Cl)c3)c2c1. The summed E-state index contributed by atoms with van der Waals surface area (Å²) in [6.45, 7) is 2.14. The molecule has 8 heteroatoms. The molecular weight excluding hydrogens is 453 g/mol. The van der Waals surface area contributed by atoms with Gasteiger partial charge >= 0.3 is 0 Å². The molecule has 2 N–H and O–H groups in total. The standard InChI is InChI=1S/C26H27ClFN5O/c1-33(2)12-4-11-29-20-7-9-24-22(14-20)26(31-17-30-24)32-21-8-10-25(23(27)15-21)34-16-18-5-3-6-19(28)13-18/h3,5-10,13-15,17,29H,4,11-12,16H2,1-2H3,(H,30,31,32). The summed E-state index contributed by atoms with van der Waals surface area (Å²) >= 11 is 6.44. The maximum absolute atomic E-state index is 13.4. The summed E-state index contributed by atoms with van der Waals surface area (Å²) in [5, 5.41) is 8.14. The van der Waals surface area contributed by atoms with Crippen molar-refractivity contribution in [3.05, 3.63) is 83.4 Å². The molecule has 0 saturated heterocycles. The molecule has 0 unspecified atom stereocenters. The Morgan fingerprint density at radius 2 is 1.85 bits per heavy atom. The van der Waals surface area contributed by atoms with E-state index in [1.807, 2.05) is 24.3 Å². The van der Waals surface area contributed by atoms with Crippen molar-refractivity contribution >= 4 is 39.7 Å². The van der Waals surface area contributed by atoms with Gasteiger partial charge in [0.15, 0.2) is 0 Å². The minimum atomic E-state index is -0.296. The van der Waals surface area contributed by atoms with Gasteiger partial charge in [0.05, 0.1) is 10.5 Å². The summed E-state index contributed by atoms with van der Waals surface area (Å²) in [7, 11) is 4.14. The van der Waals surface area contributed by atoms with E-state index >= 15 is 0 Å². The van der Waals surface area contributed by atoms with E-state index in [-0.39, 0.29) is 12.4 Å². The van der Waals surface area contributed by atoms with Crippen molar-refractivity contribution in [1.82, 2.24) is 14.9 Å². The Bertz CT molecular complexity index is 1270. The second-order valence-electron chi connectivity index (χ2n) is 8.23. The van der Waals surface area contributed by atoms with Crippen LogP contribution in [0.2, 0.25) is 5.02 Å². The van der Waals surface area contributed by atoms with Crippen LogP contribution >= 0.6 is 11.6 Å². The highest BCUT2D eigenvalue weighted by Gasteiger charge is 2.09. The number of hydrogen-bond donors (Lipinski definition) is 2. The van der Waals surface area contributed by atoms with Gasteiger partial charge in [-0.3, -0.25) is 0 Å². The third-order valence-corrected chi connectivity index (χ3v) is 5.52. The number of hydrogen-bond acceptors (Lipinski definition) is 6. The maximum Gasteiger partial charge on any atom is 0.141 e. The van der Waals surface area contributed by atoms with Gasteiger partial charge in [-0.25, -0.2) is 14.4 Å². The van der Waals surface area contributed by atoms with E-state index in [0.29, 0.717) is 16.6 Å². The number of nitrogens with zero attached hydrogens (tertiary/aromatic N) is 3. The molecule has 0 fully saturated rings. The molecule has 0 saturated carbocycles. The Labute approximate surface area is 203 Å². The molecule has 0 radical (unpaired) electrons. The zero-order chi connectivity index (χ0) is 23.9. The molecule has 34 heavy (non-hydrogen) atoms. The first-order valence-electron chi connectivity index (χ1n) is 11.0. The molecule has 0 aliphatic rings. The van der Waals surface area contributed by atoms with Crippen LogP contribution in [0.25, 0.3) is 10.9 Å². The van der Waals surface area contributed by atoms with Gasteiger partial charge in [-0.1, -0.05) is 23.7 Å². The highest BCUT2D eigenvalue weighted by Crippen LogP contribution is 2.31. The van der Waals surface area contributed by atoms with E-state index in [2.05, 4.69) is 39.6 Å². The summed E-state index contributed by atoms with van der Waals surface area (Å²) < 4.78 is 19.1. The van der Waals surface area contributed by atoms with Gasteiger partial charge in [-0.15, -0.1) is 0 Å². The molecule has 4 aromatic rings. The monoisotopic (exact) mass is 479 g/mol. The van der Waals surface area contributed by atoms with Crippen LogP contribution in [0, 0.1) is 5.82 Å². The van der Waals surface area contributed by atoms with Gasteiger partial charge in [0.1, 0.15) is 30.3 Å². The van der Waals surface area contributed by atoms with Gasteiger partial charge in [0, 0.05) is 23.3 Å². The average molecular weight is 480 g/mol. The van der Waals surface area contributed by atoms with Crippen LogP contribution in [0.1, 0.15) is 12.0 Å². The molecule has 0 spiro atoms. The summed E-state index contributed by atoms with van der Waals surface area (Å²) in [6.07, 6.45) is 2.58. The Morgan fingerprint density at radius 1 is 1.00 bits per heavy atom. The van der Waals surface area contributed by atoms with Crippen molar-refractivity contribution in [1.29, 1.82) is 0 Å². The van der Waals surface area contributed by atoms with Crippen molar-refractivity contribution in [2.45, 2.75) is 13.0 Å². The fourth-order valence-corrected chi connectivity index (χ4v) is 3.75. The topological polar surface area (TPSA) is 62.3 Å². The largest absolute Gasteiger partial charge is 0.487 e. The highest BCUT2D eigenvalue weighted by molar-refractivity contribution is 6.32. The van der Waals surface area contributed by atoms with Crippen LogP contribution in [0.3, 0.4) is 0 Å². The zero-order valence-electron chi connectivity index (χ0n) is 19.2. The Hall–Kier alpha value is -3.42. The predicted octanol–water partition coefficient (Wildman–Crippen LogP) is 6.11. The third kappa shape index (κ3) is 6.34. The van der Waals surface area contributed by atoms with Crippen molar-refractivity contribution < 1.29 is 9.13 Å². The van der Waals surface area contributed by atoms with Gasteiger partial charge in [-0.05, 0) is 81.2 Å². The minimum absolute atomic E-state index is 0.227. The van der Waals surface area contributed by atoms with E-state index in [9.17, 15) is 4.39 Å². The van der Waals surface area contributed by atoms with Crippen molar-refractivity contribution in [3.8, 4) is 5.75 Å². The molecule has 0 aliphatic heterocycles. The molecular formula is C26H27ClFN5O. The van der Waals surface area contributed by atoms with Crippen molar-refractivity contribution in [2.24, 2.45) is 0 Å². The third-order valence-electron chi connectivity index (χ3n) is 5.22. The van der Waals surface area contributed by atoms with E-state index < -0.39 is 0 Å². The summed E-state index contributed by atoms with van der Waals surface area (Å²) in [5.74, 6) is 0.912. The second kappa shape index (κ2) is 11.1. The van der Waals surface area contributed by atoms with E-state index in [4.69, 9.17) is 16.3 Å². The minimum Gasteiger partial charge on any atom is -0.487 e. The number of aromatic nitrogens is 2. The first kappa shape index (κ1) is 23.7. The molecule has 1 aromatic heterocycles.